The lowest BCUT2D eigenvalue weighted by Gasteiger charge is -2.29. The minimum atomic E-state index is -1.06. The highest BCUT2D eigenvalue weighted by molar-refractivity contribution is 7.10. The van der Waals surface area contributed by atoms with Gasteiger partial charge in [-0.05, 0) is 37.6 Å². The van der Waals surface area contributed by atoms with Crippen LogP contribution < -0.4 is 0 Å². The van der Waals surface area contributed by atoms with Crippen molar-refractivity contribution < 1.29 is 24.2 Å². The van der Waals surface area contributed by atoms with Gasteiger partial charge in [0, 0.05) is 10.8 Å². The largest absolute Gasteiger partial charge is 0.480 e. The number of amides is 1. The molecule has 0 aromatic carbocycles. The van der Waals surface area contributed by atoms with Crippen molar-refractivity contribution in [3.63, 3.8) is 0 Å². The SMILES string of the molecule is CCOC(=O)C1CC(C(=O)O)N(C(=O)C2CC2)C1c1cccs1. The first-order valence-electron chi connectivity index (χ1n) is 7.79. The minimum Gasteiger partial charge on any atom is -0.480 e. The van der Waals surface area contributed by atoms with Crippen molar-refractivity contribution in [2.75, 3.05) is 6.61 Å². The first kappa shape index (κ1) is 16.0. The van der Waals surface area contributed by atoms with Gasteiger partial charge in [-0.25, -0.2) is 4.79 Å². The number of nitrogens with zero attached hydrogens (tertiary/aromatic N) is 1. The van der Waals surface area contributed by atoms with E-state index in [1.807, 2.05) is 17.5 Å². The van der Waals surface area contributed by atoms with Crippen molar-refractivity contribution in [3.8, 4) is 0 Å². The highest BCUT2D eigenvalue weighted by Crippen LogP contribution is 2.46. The summed E-state index contributed by atoms with van der Waals surface area (Å²) in [6.45, 7) is 1.95. The Kier molecular flexibility index (Phi) is 4.39. The number of aliphatic carboxylic acids is 1. The summed E-state index contributed by atoms with van der Waals surface area (Å²) in [5, 5.41) is 11.4. The normalized spacial score (nSPS) is 27.0. The molecule has 1 saturated carbocycles. The monoisotopic (exact) mass is 337 g/mol. The van der Waals surface area contributed by atoms with Gasteiger partial charge in [0.25, 0.3) is 0 Å². The van der Waals surface area contributed by atoms with Crippen LogP contribution in [-0.2, 0) is 19.1 Å². The number of rotatable bonds is 5. The van der Waals surface area contributed by atoms with E-state index in [4.69, 9.17) is 4.74 Å². The minimum absolute atomic E-state index is 0.0970. The zero-order chi connectivity index (χ0) is 16.6. The average Bonchev–Trinajstić information content (AvgIpc) is 3.08. The second-order valence-corrected chi connectivity index (χ2v) is 6.91. The molecule has 1 N–H and O–H groups in total. The summed E-state index contributed by atoms with van der Waals surface area (Å²) in [4.78, 5) is 38.9. The topological polar surface area (TPSA) is 83.9 Å². The molecule has 23 heavy (non-hydrogen) atoms. The Labute approximate surface area is 138 Å². The number of carbonyl (C=O) groups is 3. The van der Waals surface area contributed by atoms with E-state index in [0.717, 1.165) is 17.7 Å². The van der Waals surface area contributed by atoms with E-state index in [0.29, 0.717) is 0 Å². The predicted molar refractivity (Wildman–Crippen MR) is 82.8 cm³/mol. The maximum Gasteiger partial charge on any atom is 0.326 e. The fraction of sp³-hybridized carbons (Fsp3) is 0.562. The Morgan fingerprint density at radius 3 is 2.65 bits per heavy atom. The zero-order valence-electron chi connectivity index (χ0n) is 12.8. The van der Waals surface area contributed by atoms with Crippen LogP contribution in [0.4, 0.5) is 0 Å². The number of carboxylic acids is 1. The van der Waals surface area contributed by atoms with Crippen molar-refractivity contribution >= 4 is 29.2 Å². The number of likely N-dealkylation sites (tertiary alicyclic amines) is 1. The molecule has 3 rings (SSSR count). The van der Waals surface area contributed by atoms with Crippen molar-refractivity contribution in [2.45, 2.75) is 38.3 Å². The van der Waals surface area contributed by atoms with Gasteiger partial charge in [0.1, 0.15) is 6.04 Å². The van der Waals surface area contributed by atoms with Gasteiger partial charge in [0.2, 0.25) is 5.91 Å². The number of carbonyl (C=O) groups excluding carboxylic acids is 2. The van der Waals surface area contributed by atoms with Crippen molar-refractivity contribution in [3.05, 3.63) is 22.4 Å². The molecular weight excluding hydrogens is 318 g/mol. The van der Waals surface area contributed by atoms with E-state index in [1.54, 1.807) is 6.92 Å². The van der Waals surface area contributed by atoms with Gasteiger partial charge in [-0.1, -0.05) is 6.07 Å². The summed E-state index contributed by atoms with van der Waals surface area (Å²) < 4.78 is 5.12. The molecule has 2 heterocycles. The fourth-order valence-corrected chi connectivity index (χ4v) is 4.08. The second kappa shape index (κ2) is 6.31. The van der Waals surface area contributed by atoms with E-state index < -0.39 is 29.9 Å². The standard InChI is InChI=1S/C16H19NO5S/c1-2-22-16(21)10-8-11(15(19)20)17(14(18)9-5-6-9)13(10)12-4-3-7-23-12/h3-4,7,9-11,13H,2,5-6,8H2,1H3,(H,19,20). The lowest BCUT2D eigenvalue weighted by Crippen LogP contribution is -2.42. The van der Waals surface area contributed by atoms with Gasteiger partial charge in [0.05, 0.1) is 18.6 Å². The third-order valence-electron chi connectivity index (χ3n) is 4.38. The number of hydrogen-bond acceptors (Lipinski definition) is 5. The Bertz CT molecular complexity index is 610. The zero-order valence-corrected chi connectivity index (χ0v) is 13.6. The molecule has 2 aliphatic rings. The molecule has 3 atom stereocenters. The van der Waals surface area contributed by atoms with Crippen LogP contribution in [0.25, 0.3) is 0 Å². The molecule has 124 valence electrons. The highest BCUT2D eigenvalue weighted by atomic mass is 32.1. The van der Waals surface area contributed by atoms with Crippen LogP contribution in [0.5, 0.6) is 0 Å². The second-order valence-electron chi connectivity index (χ2n) is 5.93. The molecular formula is C16H19NO5S. The average molecular weight is 337 g/mol. The van der Waals surface area contributed by atoms with Crippen LogP contribution in [0.15, 0.2) is 17.5 Å². The van der Waals surface area contributed by atoms with E-state index >= 15 is 0 Å². The molecule has 1 aromatic heterocycles. The van der Waals surface area contributed by atoms with Crippen molar-refractivity contribution in [1.29, 1.82) is 0 Å². The van der Waals surface area contributed by atoms with Crippen LogP contribution in [0, 0.1) is 11.8 Å². The number of ether oxygens (including phenoxy) is 1. The third-order valence-corrected chi connectivity index (χ3v) is 5.33. The van der Waals surface area contributed by atoms with Gasteiger partial charge in [-0.15, -0.1) is 11.3 Å². The Hall–Kier alpha value is -1.89. The molecule has 1 amide bonds. The summed E-state index contributed by atoms with van der Waals surface area (Å²) in [6.07, 6.45) is 1.70. The van der Waals surface area contributed by atoms with Gasteiger partial charge < -0.3 is 14.7 Å². The highest BCUT2D eigenvalue weighted by Gasteiger charge is 2.53. The fourth-order valence-electron chi connectivity index (χ4n) is 3.19. The summed E-state index contributed by atoms with van der Waals surface area (Å²) >= 11 is 1.43. The van der Waals surface area contributed by atoms with Crippen LogP contribution in [0.1, 0.15) is 37.1 Å². The van der Waals surface area contributed by atoms with E-state index in [1.165, 1.54) is 16.2 Å². The quantitative estimate of drug-likeness (QED) is 0.832. The molecule has 0 bridgehead atoms. The number of hydrogen-bond donors (Lipinski definition) is 1. The van der Waals surface area contributed by atoms with E-state index in [9.17, 15) is 19.5 Å². The third kappa shape index (κ3) is 2.97. The molecule has 1 saturated heterocycles. The lowest BCUT2D eigenvalue weighted by atomic mass is 9.98. The molecule has 2 fully saturated rings. The Balaban J connectivity index is 1.98. The van der Waals surface area contributed by atoms with Crippen LogP contribution >= 0.6 is 11.3 Å². The van der Waals surface area contributed by atoms with Crippen LogP contribution in [0.2, 0.25) is 0 Å². The van der Waals surface area contributed by atoms with Crippen LogP contribution in [-0.4, -0.2) is 40.5 Å². The van der Waals surface area contributed by atoms with E-state index in [2.05, 4.69) is 0 Å². The number of carboxylic acid groups (broad SMARTS) is 1. The first-order chi connectivity index (χ1) is 11.0. The summed E-state index contributed by atoms with van der Waals surface area (Å²) in [5.74, 6) is -2.36. The molecule has 3 unspecified atom stereocenters. The Morgan fingerprint density at radius 1 is 1.39 bits per heavy atom. The first-order valence-corrected chi connectivity index (χ1v) is 8.67. The molecule has 7 heteroatoms. The molecule has 6 nitrogen and oxygen atoms in total. The summed E-state index contributed by atoms with van der Waals surface area (Å²) in [5.41, 5.74) is 0. The van der Waals surface area contributed by atoms with Crippen molar-refractivity contribution in [2.24, 2.45) is 11.8 Å². The molecule has 0 spiro atoms. The smallest absolute Gasteiger partial charge is 0.326 e. The van der Waals surface area contributed by atoms with Gasteiger partial charge in [-0.2, -0.15) is 0 Å². The maximum atomic E-state index is 12.7. The predicted octanol–water partition coefficient (Wildman–Crippen LogP) is 2.06. The summed E-state index contributed by atoms with van der Waals surface area (Å²) in [7, 11) is 0. The molecule has 1 aliphatic heterocycles. The Morgan fingerprint density at radius 2 is 2.13 bits per heavy atom. The molecule has 0 radical (unpaired) electrons. The van der Waals surface area contributed by atoms with Gasteiger partial charge >= 0.3 is 11.9 Å². The van der Waals surface area contributed by atoms with E-state index in [-0.39, 0.29) is 24.9 Å². The lowest BCUT2D eigenvalue weighted by molar-refractivity contribution is -0.151. The van der Waals surface area contributed by atoms with Gasteiger partial charge in [-0.3, -0.25) is 9.59 Å². The van der Waals surface area contributed by atoms with Crippen LogP contribution in [0.3, 0.4) is 0 Å². The summed E-state index contributed by atoms with van der Waals surface area (Å²) in [6, 6.07) is 2.18. The van der Waals surface area contributed by atoms with Gasteiger partial charge in [0.15, 0.2) is 0 Å². The molecule has 1 aromatic rings. The van der Waals surface area contributed by atoms with Crippen molar-refractivity contribution in [1.82, 2.24) is 4.90 Å². The number of thiophene rings is 1. The number of esters is 1. The maximum absolute atomic E-state index is 12.7. The molecule has 1 aliphatic carbocycles.